The summed E-state index contributed by atoms with van der Waals surface area (Å²) in [6.07, 6.45) is 9.37. The maximum absolute atomic E-state index is 13.6. The molecular weight excluding hydrogens is 386 g/mol. The lowest BCUT2D eigenvalue weighted by Crippen LogP contribution is -2.56. The molecule has 5 aliphatic rings. The number of nitrogens with zero attached hydrogens (tertiary/aromatic N) is 2. The van der Waals surface area contributed by atoms with Crippen molar-refractivity contribution in [3.63, 3.8) is 0 Å². The molecular formula is C26H33N3O2. The Bertz CT molecular complexity index is 1010. The predicted molar refractivity (Wildman–Crippen MR) is 120 cm³/mol. The van der Waals surface area contributed by atoms with E-state index >= 15 is 0 Å². The molecule has 1 aliphatic heterocycles. The van der Waals surface area contributed by atoms with Gasteiger partial charge in [0.2, 0.25) is 0 Å². The molecule has 1 aromatic carbocycles. The Balaban J connectivity index is 1.30. The van der Waals surface area contributed by atoms with E-state index in [0.29, 0.717) is 18.3 Å². The third-order valence-corrected chi connectivity index (χ3v) is 8.55. The number of aromatic nitrogens is 2. The Labute approximate surface area is 184 Å². The summed E-state index contributed by atoms with van der Waals surface area (Å²) in [4.78, 5) is 13.6. The molecule has 3 atom stereocenters. The van der Waals surface area contributed by atoms with E-state index in [1.165, 1.54) is 12.0 Å². The van der Waals surface area contributed by atoms with Crippen molar-refractivity contribution in [1.82, 2.24) is 9.78 Å². The highest BCUT2D eigenvalue weighted by Gasteiger charge is 2.57. The molecule has 0 amide bonds. The topological polar surface area (TPSA) is 67.2 Å². The number of Topliss-reactive ketones (excluding diaryl/α,β-unsaturated/α-hetero) is 1. The second kappa shape index (κ2) is 6.44. The van der Waals surface area contributed by atoms with Gasteiger partial charge < -0.3 is 10.4 Å². The van der Waals surface area contributed by atoms with Crippen molar-refractivity contribution in [2.24, 2.45) is 17.3 Å². The Morgan fingerprint density at radius 3 is 2.52 bits per heavy atom. The standard InChI is InChI=1S/C26H33N3O2/c1-24(2)13-21(19-6-4-3-5-7-19)28-23-20(15-27-29(23)24)22(30)14-25-9-17-8-18(10-25)12-26(31,11-17)16-25/h3-7,15,17-18,21,28,31H,8-14,16H2,1-2H3. The molecule has 4 fully saturated rings. The number of anilines is 1. The van der Waals surface area contributed by atoms with Crippen LogP contribution in [0.15, 0.2) is 36.5 Å². The highest BCUT2D eigenvalue weighted by Crippen LogP contribution is 2.63. The van der Waals surface area contributed by atoms with Gasteiger partial charge in [0, 0.05) is 6.42 Å². The van der Waals surface area contributed by atoms with Gasteiger partial charge in [0.1, 0.15) is 5.82 Å². The molecule has 0 spiro atoms. The van der Waals surface area contributed by atoms with Gasteiger partial charge in [-0.15, -0.1) is 0 Å². The van der Waals surface area contributed by atoms with Gasteiger partial charge in [-0.25, -0.2) is 4.68 Å². The number of carbonyl (C=O) groups excluding carboxylic acids is 1. The number of nitrogens with one attached hydrogen (secondary N) is 1. The average molecular weight is 420 g/mol. The molecule has 164 valence electrons. The van der Waals surface area contributed by atoms with E-state index in [1.807, 2.05) is 10.7 Å². The number of carbonyl (C=O) groups is 1. The predicted octanol–water partition coefficient (Wildman–Crippen LogP) is 5.08. The van der Waals surface area contributed by atoms with Crippen molar-refractivity contribution < 1.29 is 9.90 Å². The van der Waals surface area contributed by atoms with Crippen LogP contribution in [-0.2, 0) is 5.54 Å². The molecule has 2 N–H and O–H groups in total. The monoisotopic (exact) mass is 419 g/mol. The smallest absolute Gasteiger partial charge is 0.168 e. The van der Waals surface area contributed by atoms with Gasteiger partial charge >= 0.3 is 0 Å². The summed E-state index contributed by atoms with van der Waals surface area (Å²) < 4.78 is 2.01. The van der Waals surface area contributed by atoms with E-state index in [2.05, 4.69) is 48.5 Å². The van der Waals surface area contributed by atoms with Gasteiger partial charge in [-0.2, -0.15) is 5.10 Å². The lowest BCUT2D eigenvalue weighted by atomic mass is 9.47. The fraction of sp³-hybridized carbons (Fsp3) is 0.615. The van der Waals surface area contributed by atoms with E-state index in [-0.39, 0.29) is 22.8 Å². The van der Waals surface area contributed by atoms with Crippen LogP contribution in [0, 0.1) is 17.3 Å². The SMILES string of the molecule is CC1(C)CC(c2ccccc2)Nc2c(C(=O)CC34CC5CC(CC(O)(C5)C3)C4)cnn21. The van der Waals surface area contributed by atoms with Gasteiger partial charge in [0.15, 0.2) is 5.78 Å². The maximum atomic E-state index is 13.6. The Hall–Kier alpha value is -2.14. The molecule has 0 saturated heterocycles. The molecule has 3 unspecified atom stereocenters. The van der Waals surface area contributed by atoms with Crippen LogP contribution in [0.4, 0.5) is 5.82 Å². The van der Waals surface area contributed by atoms with Crippen LogP contribution in [-0.4, -0.2) is 26.3 Å². The lowest BCUT2D eigenvalue weighted by Gasteiger charge is -2.60. The highest BCUT2D eigenvalue weighted by atomic mass is 16.3. The number of benzene rings is 1. The molecule has 2 heterocycles. The van der Waals surface area contributed by atoms with Crippen LogP contribution in [0.5, 0.6) is 0 Å². The third kappa shape index (κ3) is 3.15. The van der Waals surface area contributed by atoms with Crippen molar-refractivity contribution in [3.05, 3.63) is 47.7 Å². The molecule has 1 aromatic heterocycles. The van der Waals surface area contributed by atoms with E-state index in [9.17, 15) is 9.90 Å². The van der Waals surface area contributed by atoms with Crippen LogP contribution >= 0.6 is 0 Å². The second-order valence-corrected chi connectivity index (χ2v) is 11.7. The molecule has 2 aromatic rings. The van der Waals surface area contributed by atoms with Crippen molar-refractivity contribution in [1.29, 1.82) is 0 Å². The molecule has 4 bridgehead atoms. The number of rotatable bonds is 4. The minimum absolute atomic E-state index is 0.0201. The van der Waals surface area contributed by atoms with Gasteiger partial charge in [-0.05, 0) is 81.6 Å². The zero-order chi connectivity index (χ0) is 21.4. The summed E-state index contributed by atoms with van der Waals surface area (Å²) in [6.45, 7) is 4.40. The number of hydrogen-bond donors (Lipinski definition) is 2. The van der Waals surface area contributed by atoms with Crippen molar-refractivity contribution >= 4 is 11.6 Å². The van der Waals surface area contributed by atoms with Crippen molar-refractivity contribution in [2.75, 3.05) is 5.32 Å². The third-order valence-electron chi connectivity index (χ3n) is 8.55. The fourth-order valence-electron chi connectivity index (χ4n) is 7.88. The summed E-state index contributed by atoms with van der Waals surface area (Å²) in [6, 6.07) is 10.6. The maximum Gasteiger partial charge on any atom is 0.168 e. The van der Waals surface area contributed by atoms with Crippen LogP contribution in [0.2, 0.25) is 0 Å². The normalized spacial score (nSPS) is 37.3. The molecule has 4 aliphatic carbocycles. The van der Waals surface area contributed by atoms with Crippen LogP contribution < -0.4 is 5.32 Å². The molecule has 5 nitrogen and oxygen atoms in total. The summed E-state index contributed by atoms with van der Waals surface area (Å²) >= 11 is 0. The summed E-state index contributed by atoms with van der Waals surface area (Å²) in [5, 5.41) is 19.4. The zero-order valence-electron chi connectivity index (χ0n) is 18.6. The van der Waals surface area contributed by atoms with E-state index in [0.717, 1.165) is 49.9 Å². The number of aliphatic hydroxyl groups is 1. The van der Waals surface area contributed by atoms with Gasteiger partial charge in [0.25, 0.3) is 0 Å². The molecule has 4 saturated carbocycles. The van der Waals surface area contributed by atoms with Gasteiger partial charge in [-0.3, -0.25) is 4.79 Å². The van der Waals surface area contributed by atoms with Crippen LogP contribution in [0.1, 0.15) is 87.2 Å². The zero-order valence-corrected chi connectivity index (χ0v) is 18.6. The fourth-order valence-corrected chi connectivity index (χ4v) is 7.88. The Morgan fingerprint density at radius 2 is 1.84 bits per heavy atom. The minimum atomic E-state index is -0.526. The number of ketones is 1. The molecule has 5 heteroatoms. The first-order chi connectivity index (χ1) is 14.7. The van der Waals surface area contributed by atoms with E-state index in [4.69, 9.17) is 0 Å². The van der Waals surface area contributed by atoms with Crippen LogP contribution in [0.3, 0.4) is 0 Å². The first-order valence-corrected chi connectivity index (χ1v) is 11.9. The number of fused-ring (bicyclic) bond motifs is 1. The minimum Gasteiger partial charge on any atom is -0.390 e. The molecule has 31 heavy (non-hydrogen) atoms. The van der Waals surface area contributed by atoms with Crippen molar-refractivity contribution in [3.8, 4) is 0 Å². The van der Waals surface area contributed by atoms with Crippen molar-refractivity contribution in [2.45, 2.75) is 82.4 Å². The first kappa shape index (κ1) is 19.5. The summed E-state index contributed by atoms with van der Waals surface area (Å²) in [5.41, 5.74) is 1.24. The van der Waals surface area contributed by atoms with Crippen LogP contribution in [0.25, 0.3) is 0 Å². The second-order valence-electron chi connectivity index (χ2n) is 11.7. The van der Waals surface area contributed by atoms with E-state index < -0.39 is 5.60 Å². The van der Waals surface area contributed by atoms with Gasteiger partial charge in [-0.1, -0.05) is 30.3 Å². The average Bonchev–Trinajstić information content (AvgIpc) is 3.11. The first-order valence-electron chi connectivity index (χ1n) is 11.9. The quantitative estimate of drug-likeness (QED) is 0.678. The highest BCUT2D eigenvalue weighted by molar-refractivity contribution is 6.01. The molecule has 7 rings (SSSR count). The lowest BCUT2D eigenvalue weighted by molar-refractivity contribution is -0.162. The van der Waals surface area contributed by atoms with E-state index in [1.54, 1.807) is 6.20 Å². The van der Waals surface area contributed by atoms with Gasteiger partial charge in [0.05, 0.1) is 28.9 Å². The molecule has 0 radical (unpaired) electrons. The number of hydrogen-bond acceptors (Lipinski definition) is 4. The summed E-state index contributed by atoms with van der Waals surface area (Å²) in [7, 11) is 0. The largest absolute Gasteiger partial charge is 0.390 e. The Morgan fingerprint density at radius 1 is 1.13 bits per heavy atom. The summed E-state index contributed by atoms with van der Waals surface area (Å²) in [5.74, 6) is 2.24. The Kier molecular flexibility index (Phi) is 4.06.